The van der Waals surface area contributed by atoms with E-state index in [0.717, 1.165) is 80.6 Å². The number of hydrogen-bond acceptors (Lipinski definition) is 9. The number of anilines is 3. The number of halogens is 2. The van der Waals surface area contributed by atoms with Crippen LogP contribution in [0.15, 0.2) is 54.9 Å². The highest BCUT2D eigenvalue weighted by Gasteiger charge is 2.34. The molecule has 1 atom stereocenters. The lowest BCUT2D eigenvalue weighted by Crippen LogP contribution is -2.52. The lowest BCUT2D eigenvalue weighted by molar-refractivity contribution is -0.120. The molecule has 0 radical (unpaired) electrons. The number of imide groups is 1. The van der Waals surface area contributed by atoms with Crippen molar-refractivity contribution < 1.29 is 28.3 Å². The topological polar surface area (TPSA) is 148 Å². The van der Waals surface area contributed by atoms with Crippen molar-refractivity contribution in [1.29, 1.82) is 0 Å². The molecule has 4 amide bonds. The van der Waals surface area contributed by atoms with Crippen LogP contribution in [0.4, 0.5) is 36.3 Å². The van der Waals surface area contributed by atoms with Crippen LogP contribution in [-0.2, 0) is 10.4 Å². The third-order valence-corrected chi connectivity index (χ3v) is 12.9. The highest BCUT2D eigenvalue weighted by atomic mass is 19.1. The average molecular weight is 834 g/mol. The highest BCUT2D eigenvalue weighted by Crippen LogP contribution is 2.37. The van der Waals surface area contributed by atoms with E-state index in [9.17, 15) is 19.5 Å². The molecule has 17 heteroatoms. The zero-order chi connectivity index (χ0) is 42.6. The summed E-state index contributed by atoms with van der Waals surface area (Å²) in [5.41, 5.74) is 1.92. The molecule has 0 unspecified atom stereocenters. The Hall–Kier alpha value is -5.96. The summed E-state index contributed by atoms with van der Waals surface area (Å²) in [5.74, 6) is -2.10. The van der Waals surface area contributed by atoms with Crippen LogP contribution >= 0.6 is 0 Å². The van der Waals surface area contributed by atoms with Gasteiger partial charge in [-0.2, -0.15) is 10.2 Å². The summed E-state index contributed by atoms with van der Waals surface area (Å²) >= 11 is 0. The zero-order valence-corrected chi connectivity index (χ0v) is 34.3. The van der Waals surface area contributed by atoms with Crippen molar-refractivity contribution in [2.45, 2.75) is 70.1 Å². The summed E-state index contributed by atoms with van der Waals surface area (Å²) in [5, 5.41) is 26.4. The third kappa shape index (κ3) is 8.15. The van der Waals surface area contributed by atoms with E-state index in [1.165, 1.54) is 22.8 Å². The van der Waals surface area contributed by atoms with Gasteiger partial charge in [-0.05, 0) is 94.3 Å². The number of fused-ring (bicyclic) bond motifs is 2. The second kappa shape index (κ2) is 16.1. The molecule has 0 bridgehead atoms. The molecule has 0 spiro atoms. The maximum absolute atomic E-state index is 15.2. The number of piperazine rings is 1. The maximum Gasteiger partial charge on any atom is 0.328 e. The van der Waals surface area contributed by atoms with Crippen molar-refractivity contribution >= 4 is 57.0 Å². The van der Waals surface area contributed by atoms with Crippen molar-refractivity contribution in [2.24, 2.45) is 5.92 Å². The lowest BCUT2D eigenvalue weighted by Gasteiger charge is -2.42. The molecule has 6 heterocycles. The number of nitrogens with one attached hydrogen (secondary N) is 2. The van der Waals surface area contributed by atoms with Gasteiger partial charge in [-0.25, -0.2) is 22.9 Å². The normalized spacial score (nSPS) is 21.9. The number of amides is 4. The lowest BCUT2D eigenvalue weighted by atomic mass is 9.90. The summed E-state index contributed by atoms with van der Waals surface area (Å²) in [6, 6.07) is 11.3. The predicted molar refractivity (Wildman–Crippen MR) is 226 cm³/mol. The number of nitrogens with zero attached hydrogens (tertiary/aromatic N) is 9. The van der Waals surface area contributed by atoms with Crippen molar-refractivity contribution in [2.75, 3.05) is 67.5 Å². The summed E-state index contributed by atoms with van der Waals surface area (Å²) in [7, 11) is 0. The maximum atomic E-state index is 15.2. The van der Waals surface area contributed by atoms with Gasteiger partial charge < -0.3 is 20.2 Å². The fourth-order valence-corrected chi connectivity index (χ4v) is 9.65. The Morgan fingerprint density at radius 1 is 0.967 bits per heavy atom. The van der Waals surface area contributed by atoms with Gasteiger partial charge in [0.1, 0.15) is 11.4 Å². The number of urea groups is 1. The molecule has 3 saturated heterocycles. The molecule has 1 saturated carbocycles. The van der Waals surface area contributed by atoms with Gasteiger partial charge in [0.2, 0.25) is 11.6 Å². The molecule has 1 aliphatic carbocycles. The number of carbonyl (C=O) groups excluding carboxylic acids is 3. The van der Waals surface area contributed by atoms with Crippen molar-refractivity contribution in [3.8, 4) is 0 Å². The molecule has 9 rings (SSSR count). The Morgan fingerprint density at radius 3 is 2.41 bits per heavy atom. The monoisotopic (exact) mass is 833 g/mol. The van der Waals surface area contributed by atoms with Crippen molar-refractivity contribution in [3.05, 3.63) is 89.2 Å². The molecule has 2 aromatic carbocycles. The molecular weight excluding hydrogens is 785 g/mol. The first kappa shape index (κ1) is 40.4. The SMILES string of the molecule is [C-]#[N+]c1cnn2c(C(=O)Nc3cc4cn(C5CCC(N6CCN(C[C@H]7CCN(c8cc(F)c(N9CCC(=O)NC9=O)c(F)c8)C7)CC6)CC5)nc4cc3C(C)(C)O)ccc2c1. The Balaban J connectivity index is 0.774. The molecule has 3 aliphatic heterocycles. The third-order valence-electron chi connectivity index (χ3n) is 12.9. The van der Waals surface area contributed by atoms with Gasteiger partial charge >= 0.3 is 6.03 Å². The first-order chi connectivity index (χ1) is 29.3. The number of hydrogen-bond donors (Lipinski definition) is 3. The number of benzene rings is 2. The minimum Gasteiger partial charge on any atom is -0.386 e. The first-order valence-corrected chi connectivity index (χ1v) is 21.1. The van der Waals surface area contributed by atoms with Gasteiger partial charge in [0, 0.05) is 93.3 Å². The number of rotatable bonds is 9. The van der Waals surface area contributed by atoms with Gasteiger partial charge in [-0.1, -0.05) is 0 Å². The van der Waals surface area contributed by atoms with Gasteiger partial charge in [0.05, 0.1) is 35.4 Å². The minimum absolute atomic E-state index is 0.0127. The second-order valence-electron chi connectivity index (χ2n) is 17.4. The van der Waals surface area contributed by atoms with E-state index < -0.39 is 34.9 Å². The van der Waals surface area contributed by atoms with Gasteiger partial charge in [0.15, 0.2) is 11.6 Å². The minimum atomic E-state index is -1.25. The predicted octanol–water partition coefficient (Wildman–Crippen LogP) is 6.07. The molecule has 61 heavy (non-hydrogen) atoms. The zero-order valence-electron chi connectivity index (χ0n) is 34.3. The van der Waals surface area contributed by atoms with E-state index in [2.05, 4.69) is 35.1 Å². The van der Waals surface area contributed by atoms with Crippen LogP contribution < -0.4 is 20.4 Å². The molecular formula is C44H49F2N11O4. The van der Waals surface area contributed by atoms with E-state index in [1.54, 1.807) is 32.0 Å². The Kier molecular flexibility index (Phi) is 10.7. The quantitative estimate of drug-likeness (QED) is 0.151. The molecule has 3 N–H and O–H groups in total. The standard InChI is InChI=1S/C44H49F2N11O4/c1-44(2,61)34-22-37-28(18-38(34)49-42(59)39-9-8-32-19-29(47-3)23-48-57(32)39)26-56(51-37)31-6-4-30(5-7-31)53-16-14-52(15-17-53)24-27-10-12-54(25-27)33-20-35(45)41(36(46)21-33)55-13-11-40(58)50-43(55)60/h8-9,18-23,26-27,30-31,61H,4-7,10-17,24-25H2,1-2H3,(H,49,59)(H,50,58,60)/t27-,30?,31?/m1/s1. The van der Waals surface area contributed by atoms with Crippen molar-refractivity contribution in [3.63, 3.8) is 0 Å². The number of aliphatic hydroxyl groups is 1. The van der Waals surface area contributed by atoms with E-state index in [4.69, 9.17) is 11.7 Å². The average Bonchev–Trinajstić information content (AvgIpc) is 3.99. The smallest absolute Gasteiger partial charge is 0.328 e. The van der Waals surface area contributed by atoms with E-state index >= 15 is 8.78 Å². The van der Waals surface area contributed by atoms with Crippen LogP contribution in [0.2, 0.25) is 0 Å². The molecule has 5 aromatic rings. The van der Waals surface area contributed by atoms with E-state index in [1.807, 2.05) is 23.2 Å². The Labute approximate surface area is 351 Å². The fraction of sp³-hybridized carbons (Fsp3) is 0.455. The summed E-state index contributed by atoms with van der Waals surface area (Å²) < 4.78 is 33.9. The summed E-state index contributed by atoms with van der Waals surface area (Å²) in [6.07, 6.45) is 8.50. The fourth-order valence-electron chi connectivity index (χ4n) is 9.65. The highest BCUT2D eigenvalue weighted by molar-refractivity contribution is 6.06. The summed E-state index contributed by atoms with van der Waals surface area (Å²) in [4.78, 5) is 48.8. The van der Waals surface area contributed by atoms with E-state index in [-0.39, 0.29) is 24.9 Å². The van der Waals surface area contributed by atoms with Crippen LogP contribution in [-0.4, -0.2) is 111 Å². The van der Waals surface area contributed by atoms with Crippen LogP contribution in [0.1, 0.15) is 74.5 Å². The van der Waals surface area contributed by atoms with Crippen LogP contribution in [0, 0.1) is 24.1 Å². The second-order valence-corrected chi connectivity index (χ2v) is 17.4. The van der Waals surface area contributed by atoms with Crippen LogP contribution in [0.3, 0.4) is 0 Å². The van der Waals surface area contributed by atoms with Gasteiger partial charge in [0.25, 0.3) is 5.91 Å². The number of carbonyl (C=O) groups is 3. The first-order valence-electron chi connectivity index (χ1n) is 21.1. The number of aromatic nitrogens is 4. The van der Waals surface area contributed by atoms with Crippen molar-refractivity contribution in [1.82, 2.24) is 34.5 Å². The Bertz CT molecular complexity index is 2540. The summed E-state index contributed by atoms with van der Waals surface area (Å²) in [6.45, 7) is 16.8. The largest absolute Gasteiger partial charge is 0.386 e. The van der Waals surface area contributed by atoms with Crippen LogP contribution in [0.5, 0.6) is 0 Å². The van der Waals surface area contributed by atoms with Gasteiger partial charge in [-0.15, -0.1) is 0 Å². The molecule has 318 valence electrons. The molecule has 4 aliphatic rings. The Morgan fingerprint density at radius 2 is 1.70 bits per heavy atom. The molecule has 4 fully saturated rings. The molecule has 3 aromatic heterocycles. The van der Waals surface area contributed by atoms with E-state index in [0.29, 0.717) is 58.9 Å². The molecule has 15 nitrogen and oxygen atoms in total. The van der Waals surface area contributed by atoms with Gasteiger partial charge in [-0.3, -0.25) is 29.4 Å². The van der Waals surface area contributed by atoms with Crippen LogP contribution in [0.25, 0.3) is 21.3 Å².